The van der Waals surface area contributed by atoms with E-state index in [-0.39, 0.29) is 23.8 Å². The molecule has 1 aromatic rings. The summed E-state index contributed by atoms with van der Waals surface area (Å²) in [5.74, 6) is 0.777. The van der Waals surface area contributed by atoms with Crippen molar-refractivity contribution >= 4 is 11.8 Å². The molecule has 2 amide bonds. The third-order valence-electron chi connectivity index (χ3n) is 4.77. The molecule has 1 N–H and O–H groups in total. The highest BCUT2D eigenvalue weighted by atomic mass is 16.5. The molecular weight excluding hydrogens is 318 g/mol. The minimum absolute atomic E-state index is 0.102. The maximum absolute atomic E-state index is 12.4. The van der Waals surface area contributed by atoms with E-state index in [1.165, 1.54) is 6.20 Å². The van der Waals surface area contributed by atoms with Gasteiger partial charge >= 0.3 is 0 Å². The van der Waals surface area contributed by atoms with E-state index in [0.717, 1.165) is 25.7 Å². The number of carbonyl (C=O) groups is 2. The van der Waals surface area contributed by atoms with Crippen molar-refractivity contribution in [3.63, 3.8) is 0 Å². The fraction of sp³-hybridized carbons (Fsp3) is 0.632. The van der Waals surface area contributed by atoms with Gasteiger partial charge < -0.3 is 15.0 Å². The van der Waals surface area contributed by atoms with Gasteiger partial charge in [-0.2, -0.15) is 0 Å². The molecule has 138 valence electrons. The van der Waals surface area contributed by atoms with E-state index < -0.39 is 0 Å². The average Bonchev–Trinajstić information content (AvgIpc) is 2.64. The van der Waals surface area contributed by atoms with Crippen LogP contribution in [0.5, 0.6) is 5.88 Å². The molecule has 0 unspecified atom stereocenters. The van der Waals surface area contributed by atoms with Crippen LogP contribution < -0.4 is 10.1 Å². The first-order chi connectivity index (χ1) is 12.1. The highest BCUT2D eigenvalue weighted by Crippen LogP contribution is 2.18. The van der Waals surface area contributed by atoms with Crippen molar-refractivity contribution in [1.82, 2.24) is 15.2 Å². The molecule has 1 saturated heterocycles. The standard InChI is InChI=1S/C19H29N3O3/c1-4-14(5-2)19(24)22-11-9-16(10-12-22)21-18(23)15-7-8-17(20-13-15)25-6-3/h7-8,13-14,16H,4-6,9-12H2,1-3H3,(H,21,23). The fourth-order valence-corrected chi connectivity index (χ4v) is 3.16. The molecule has 0 aromatic carbocycles. The Hall–Kier alpha value is -2.11. The molecule has 0 saturated carbocycles. The highest BCUT2D eigenvalue weighted by molar-refractivity contribution is 5.94. The van der Waals surface area contributed by atoms with Gasteiger partial charge in [-0.05, 0) is 38.7 Å². The summed E-state index contributed by atoms with van der Waals surface area (Å²) in [5.41, 5.74) is 0.527. The molecule has 1 aromatic heterocycles. The SMILES string of the molecule is CCOc1ccc(C(=O)NC2CCN(C(=O)C(CC)CC)CC2)cn1. The number of piperidine rings is 1. The van der Waals surface area contributed by atoms with Crippen LogP contribution in [0.2, 0.25) is 0 Å². The van der Waals surface area contributed by atoms with E-state index in [4.69, 9.17) is 4.74 Å². The van der Waals surface area contributed by atoms with Crippen LogP contribution in [0.3, 0.4) is 0 Å². The van der Waals surface area contributed by atoms with Gasteiger partial charge in [-0.3, -0.25) is 9.59 Å². The van der Waals surface area contributed by atoms with E-state index in [1.54, 1.807) is 12.1 Å². The van der Waals surface area contributed by atoms with Gasteiger partial charge in [-0.1, -0.05) is 13.8 Å². The summed E-state index contributed by atoms with van der Waals surface area (Å²) < 4.78 is 5.28. The van der Waals surface area contributed by atoms with Gasteiger partial charge in [0.05, 0.1) is 12.2 Å². The molecule has 0 aliphatic carbocycles. The van der Waals surface area contributed by atoms with Crippen LogP contribution in [-0.2, 0) is 4.79 Å². The Morgan fingerprint density at radius 1 is 1.24 bits per heavy atom. The molecule has 0 spiro atoms. The summed E-state index contributed by atoms with van der Waals surface area (Å²) >= 11 is 0. The molecule has 1 aliphatic rings. The number of aromatic nitrogens is 1. The third-order valence-corrected chi connectivity index (χ3v) is 4.77. The quantitative estimate of drug-likeness (QED) is 0.823. The second kappa shape index (κ2) is 9.39. The lowest BCUT2D eigenvalue weighted by Crippen LogP contribution is -2.48. The molecule has 6 heteroatoms. The zero-order chi connectivity index (χ0) is 18.2. The highest BCUT2D eigenvalue weighted by Gasteiger charge is 2.27. The topological polar surface area (TPSA) is 71.5 Å². The molecule has 0 atom stereocenters. The van der Waals surface area contributed by atoms with Gasteiger partial charge in [-0.25, -0.2) is 4.98 Å². The van der Waals surface area contributed by atoms with E-state index >= 15 is 0 Å². The normalized spacial score (nSPS) is 15.3. The largest absolute Gasteiger partial charge is 0.478 e. The molecule has 0 bridgehead atoms. The van der Waals surface area contributed by atoms with Crippen molar-refractivity contribution in [2.24, 2.45) is 5.92 Å². The first-order valence-electron chi connectivity index (χ1n) is 9.27. The van der Waals surface area contributed by atoms with E-state index in [2.05, 4.69) is 24.1 Å². The molecular formula is C19H29N3O3. The summed E-state index contributed by atoms with van der Waals surface area (Å²) in [7, 11) is 0. The Bertz CT molecular complexity index is 562. The van der Waals surface area contributed by atoms with E-state index in [1.807, 2.05) is 11.8 Å². The Morgan fingerprint density at radius 3 is 2.44 bits per heavy atom. The predicted octanol–water partition coefficient (Wildman–Crippen LogP) is 2.64. The number of likely N-dealkylation sites (tertiary alicyclic amines) is 1. The molecule has 0 radical (unpaired) electrons. The van der Waals surface area contributed by atoms with Gasteiger partial charge in [0, 0.05) is 37.3 Å². The van der Waals surface area contributed by atoms with Crippen LogP contribution in [0.1, 0.15) is 56.8 Å². The molecule has 1 aliphatic heterocycles. The zero-order valence-corrected chi connectivity index (χ0v) is 15.5. The van der Waals surface area contributed by atoms with Crippen molar-refractivity contribution in [2.75, 3.05) is 19.7 Å². The van der Waals surface area contributed by atoms with Gasteiger partial charge in [-0.15, -0.1) is 0 Å². The lowest BCUT2D eigenvalue weighted by molar-refractivity contribution is -0.136. The summed E-state index contributed by atoms with van der Waals surface area (Å²) in [6.07, 6.45) is 4.89. The lowest BCUT2D eigenvalue weighted by atomic mass is 9.98. The molecule has 25 heavy (non-hydrogen) atoms. The van der Waals surface area contributed by atoms with Crippen LogP contribution in [0.15, 0.2) is 18.3 Å². The maximum Gasteiger partial charge on any atom is 0.253 e. The number of hydrogen-bond donors (Lipinski definition) is 1. The molecule has 6 nitrogen and oxygen atoms in total. The average molecular weight is 347 g/mol. The number of hydrogen-bond acceptors (Lipinski definition) is 4. The van der Waals surface area contributed by atoms with Crippen LogP contribution >= 0.6 is 0 Å². The smallest absolute Gasteiger partial charge is 0.253 e. The van der Waals surface area contributed by atoms with Crippen molar-refractivity contribution in [3.05, 3.63) is 23.9 Å². The number of nitrogens with zero attached hydrogens (tertiary/aromatic N) is 2. The monoisotopic (exact) mass is 347 g/mol. The second-order valence-electron chi connectivity index (χ2n) is 6.40. The van der Waals surface area contributed by atoms with Crippen LogP contribution in [0.25, 0.3) is 0 Å². The molecule has 1 fully saturated rings. The van der Waals surface area contributed by atoms with Crippen molar-refractivity contribution < 1.29 is 14.3 Å². The summed E-state index contributed by atoms with van der Waals surface area (Å²) in [6.45, 7) is 7.98. The first kappa shape index (κ1) is 19.2. The predicted molar refractivity (Wildman–Crippen MR) is 96.5 cm³/mol. The number of rotatable bonds is 7. The number of amides is 2. The van der Waals surface area contributed by atoms with Gasteiger partial charge in [0.15, 0.2) is 0 Å². The summed E-state index contributed by atoms with van der Waals surface area (Å²) in [4.78, 5) is 30.8. The Kier molecular flexibility index (Phi) is 7.22. The van der Waals surface area contributed by atoms with Crippen molar-refractivity contribution in [1.29, 1.82) is 0 Å². The summed E-state index contributed by atoms with van der Waals surface area (Å²) in [6, 6.07) is 3.53. The van der Waals surface area contributed by atoms with Gasteiger partial charge in [0.25, 0.3) is 5.91 Å². The zero-order valence-electron chi connectivity index (χ0n) is 15.5. The molecule has 2 heterocycles. The minimum atomic E-state index is -0.125. The Balaban J connectivity index is 1.83. The number of pyridine rings is 1. The van der Waals surface area contributed by atoms with Crippen LogP contribution in [0, 0.1) is 5.92 Å². The summed E-state index contributed by atoms with van der Waals surface area (Å²) in [5, 5.41) is 3.05. The Labute approximate surface area is 150 Å². The number of ether oxygens (including phenoxy) is 1. The van der Waals surface area contributed by atoms with E-state index in [9.17, 15) is 9.59 Å². The maximum atomic E-state index is 12.4. The lowest BCUT2D eigenvalue weighted by Gasteiger charge is -2.34. The first-order valence-corrected chi connectivity index (χ1v) is 9.27. The van der Waals surface area contributed by atoms with Gasteiger partial charge in [0.2, 0.25) is 11.8 Å². The second-order valence-corrected chi connectivity index (χ2v) is 6.40. The number of carbonyl (C=O) groups excluding carboxylic acids is 2. The van der Waals surface area contributed by atoms with Crippen molar-refractivity contribution in [3.8, 4) is 5.88 Å². The minimum Gasteiger partial charge on any atom is -0.478 e. The van der Waals surface area contributed by atoms with Crippen LogP contribution in [0.4, 0.5) is 0 Å². The van der Waals surface area contributed by atoms with Crippen molar-refractivity contribution in [2.45, 2.75) is 52.5 Å². The third kappa shape index (κ3) is 5.18. The fourth-order valence-electron chi connectivity index (χ4n) is 3.16. The van der Waals surface area contributed by atoms with E-state index in [0.29, 0.717) is 31.1 Å². The van der Waals surface area contributed by atoms with Gasteiger partial charge in [0.1, 0.15) is 0 Å². The Morgan fingerprint density at radius 2 is 1.92 bits per heavy atom. The number of nitrogens with one attached hydrogen (secondary N) is 1. The van der Waals surface area contributed by atoms with Crippen LogP contribution in [-0.4, -0.2) is 47.4 Å². The molecule has 2 rings (SSSR count).